The standard InChI is InChI=1S/C27H28F3N3O3S/c1-18(19-2-4-20(5-3-19)24-11-10-23(29)16-25(24)30)33-15-13-27(17-26(33)34,12-14-32-37(31,35)36)21-6-8-22(28)9-7-21/h2-11,16,18,32H,12-15,17H2,1H3,(H2,31,35,36)/t18-,27?/m0/s1. The Morgan fingerprint density at radius 1 is 1.00 bits per heavy atom. The van der Waals surface area contributed by atoms with Crippen LogP contribution in [0.4, 0.5) is 13.2 Å². The molecule has 0 spiro atoms. The van der Waals surface area contributed by atoms with Gasteiger partial charge in [0, 0.05) is 36.6 Å². The number of nitrogens with zero attached hydrogens (tertiary/aromatic N) is 1. The van der Waals surface area contributed by atoms with Gasteiger partial charge >= 0.3 is 0 Å². The Balaban J connectivity index is 1.52. The van der Waals surface area contributed by atoms with E-state index < -0.39 is 33.1 Å². The van der Waals surface area contributed by atoms with E-state index in [9.17, 15) is 26.4 Å². The zero-order valence-electron chi connectivity index (χ0n) is 20.3. The van der Waals surface area contributed by atoms with Crippen molar-refractivity contribution < 1.29 is 26.4 Å². The lowest BCUT2D eigenvalue weighted by Crippen LogP contribution is -2.48. The van der Waals surface area contributed by atoms with Crippen molar-refractivity contribution in [1.29, 1.82) is 0 Å². The Kier molecular flexibility index (Phi) is 7.72. The van der Waals surface area contributed by atoms with Crippen LogP contribution in [0, 0.1) is 17.5 Å². The maximum absolute atomic E-state index is 14.2. The number of nitrogens with one attached hydrogen (secondary N) is 1. The minimum atomic E-state index is -3.89. The van der Waals surface area contributed by atoms with E-state index in [4.69, 9.17) is 5.14 Å². The molecule has 0 radical (unpaired) electrons. The first-order valence-electron chi connectivity index (χ1n) is 11.9. The number of likely N-dealkylation sites (tertiary alicyclic amines) is 1. The monoisotopic (exact) mass is 531 g/mol. The third kappa shape index (κ3) is 6.20. The quantitative estimate of drug-likeness (QED) is 0.446. The average molecular weight is 532 g/mol. The van der Waals surface area contributed by atoms with Crippen LogP contribution >= 0.6 is 0 Å². The van der Waals surface area contributed by atoms with Crippen LogP contribution < -0.4 is 9.86 Å². The van der Waals surface area contributed by atoms with Crippen LogP contribution in [0.1, 0.15) is 43.4 Å². The predicted molar refractivity (Wildman–Crippen MR) is 135 cm³/mol. The third-order valence-electron chi connectivity index (χ3n) is 7.11. The minimum Gasteiger partial charge on any atom is -0.336 e. The summed E-state index contributed by atoms with van der Waals surface area (Å²) in [5.74, 6) is -1.82. The topological polar surface area (TPSA) is 92.5 Å². The van der Waals surface area contributed by atoms with Gasteiger partial charge in [0.1, 0.15) is 17.5 Å². The fraction of sp³-hybridized carbons (Fsp3) is 0.296. The summed E-state index contributed by atoms with van der Waals surface area (Å²) in [6, 6.07) is 16.2. The molecule has 3 aromatic carbocycles. The number of piperidine rings is 1. The summed E-state index contributed by atoms with van der Waals surface area (Å²) in [6.07, 6.45) is 0.981. The molecule has 6 nitrogen and oxygen atoms in total. The summed E-state index contributed by atoms with van der Waals surface area (Å²) < 4.78 is 66.0. The number of halogens is 3. The molecule has 0 bridgehead atoms. The molecule has 196 valence electrons. The van der Waals surface area contributed by atoms with E-state index in [1.165, 1.54) is 24.3 Å². The van der Waals surface area contributed by atoms with E-state index in [1.807, 2.05) is 19.1 Å². The van der Waals surface area contributed by atoms with E-state index >= 15 is 0 Å². The van der Waals surface area contributed by atoms with Crippen molar-refractivity contribution >= 4 is 16.1 Å². The average Bonchev–Trinajstić information content (AvgIpc) is 2.83. The number of rotatable bonds is 8. The molecular formula is C27H28F3N3O3S. The molecule has 0 saturated carbocycles. The molecule has 3 aromatic rings. The van der Waals surface area contributed by atoms with E-state index in [2.05, 4.69) is 4.72 Å². The van der Waals surface area contributed by atoms with Crippen molar-refractivity contribution in [3.8, 4) is 11.1 Å². The largest absolute Gasteiger partial charge is 0.336 e. The molecule has 37 heavy (non-hydrogen) atoms. The van der Waals surface area contributed by atoms with Gasteiger partial charge in [-0.3, -0.25) is 4.79 Å². The lowest BCUT2D eigenvalue weighted by atomic mass is 9.70. The van der Waals surface area contributed by atoms with Crippen molar-refractivity contribution in [1.82, 2.24) is 9.62 Å². The number of hydrogen-bond acceptors (Lipinski definition) is 3. The maximum Gasteiger partial charge on any atom is 0.274 e. The van der Waals surface area contributed by atoms with Crippen LogP contribution in [0.25, 0.3) is 11.1 Å². The molecule has 1 unspecified atom stereocenters. The van der Waals surface area contributed by atoms with Crippen LogP contribution in [-0.2, 0) is 20.4 Å². The zero-order valence-corrected chi connectivity index (χ0v) is 21.1. The number of benzene rings is 3. The summed E-state index contributed by atoms with van der Waals surface area (Å²) in [5, 5.41) is 5.07. The van der Waals surface area contributed by atoms with Crippen molar-refractivity contribution in [2.75, 3.05) is 13.1 Å². The molecule has 0 aromatic heterocycles. The fourth-order valence-electron chi connectivity index (χ4n) is 5.03. The van der Waals surface area contributed by atoms with Gasteiger partial charge in [-0.1, -0.05) is 36.4 Å². The molecule has 10 heteroatoms. The van der Waals surface area contributed by atoms with Gasteiger partial charge in [0.2, 0.25) is 5.91 Å². The third-order valence-corrected chi connectivity index (χ3v) is 7.71. The van der Waals surface area contributed by atoms with E-state index in [0.717, 1.165) is 17.2 Å². The Labute approximate surface area is 214 Å². The van der Waals surface area contributed by atoms with Gasteiger partial charge in [-0.2, -0.15) is 8.42 Å². The molecule has 1 aliphatic rings. The van der Waals surface area contributed by atoms with Gasteiger partial charge in [-0.05, 0) is 60.7 Å². The highest BCUT2D eigenvalue weighted by Crippen LogP contribution is 2.41. The molecule has 4 rings (SSSR count). The van der Waals surface area contributed by atoms with Gasteiger partial charge in [0.15, 0.2) is 0 Å². The van der Waals surface area contributed by atoms with Gasteiger partial charge in [-0.25, -0.2) is 23.0 Å². The van der Waals surface area contributed by atoms with Gasteiger partial charge in [0.25, 0.3) is 10.2 Å². The molecule has 1 amide bonds. The summed E-state index contributed by atoms with van der Waals surface area (Å²) in [6.45, 7) is 2.35. The van der Waals surface area contributed by atoms with E-state index in [1.54, 1.807) is 29.2 Å². The first kappa shape index (κ1) is 26.8. The number of carbonyl (C=O) groups excluding carboxylic acids is 1. The van der Waals surface area contributed by atoms with Crippen LogP contribution in [0.15, 0.2) is 66.7 Å². The van der Waals surface area contributed by atoms with Gasteiger partial charge < -0.3 is 4.90 Å². The summed E-state index contributed by atoms with van der Waals surface area (Å²) in [4.78, 5) is 15.1. The molecule has 1 heterocycles. The van der Waals surface area contributed by atoms with Crippen molar-refractivity contribution in [3.05, 3.63) is 95.3 Å². The lowest BCUT2D eigenvalue weighted by Gasteiger charge is -2.44. The fourth-order valence-corrected chi connectivity index (χ4v) is 5.42. The van der Waals surface area contributed by atoms with Crippen molar-refractivity contribution in [3.63, 3.8) is 0 Å². The highest BCUT2D eigenvalue weighted by Gasteiger charge is 2.41. The number of hydrogen-bond donors (Lipinski definition) is 2. The second-order valence-corrected chi connectivity index (χ2v) is 10.8. The summed E-state index contributed by atoms with van der Waals surface area (Å²) >= 11 is 0. The second-order valence-electron chi connectivity index (χ2n) is 9.41. The first-order chi connectivity index (χ1) is 17.5. The number of nitrogens with two attached hydrogens (primary N) is 1. The summed E-state index contributed by atoms with van der Waals surface area (Å²) in [7, 11) is -3.89. The van der Waals surface area contributed by atoms with E-state index in [0.29, 0.717) is 24.9 Å². The van der Waals surface area contributed by atoms with Gasteiger partial charge in [0.05, 0.1) is 6.04 Å². The second kappa shape index (κ2) is 10.6. The molecular weight excluding hydrogens is 503 g/mol. The molecule has 1 aliphatic heterocycles. The van der Waals surface area contributed by atoms with Crippen molar-refractivity contribution in [2.24, 2.45) is 5.14 Å². The molecule has 2 atom stereocenters. The van der Waals surface area contributed by atoms with Gasteiger partial charge in [-0.15, -0.1) is 0 Å². The number of carbonyl (C=O) groups is 1. The molecule has 3 N–H and O–H groups in total. The zero-order chi connectivity index (χ0) is 26.8. The Morgan fingerprint density at radius 2 is 1.65 bits per heavy atom. The highest BCUT2D eigenvalue weighted by atomic mass is 32.2. The smallest absolute Gasteiger partial charge is 0.274 e. The number of amides is 1. The first-order valence-corrected chi connectivity index (χ1v) is 13.4. The molecule has 1 saturated heterocycles. The highest BCUT2D eigenvalue weighted by molar-refractivity contribution is 7.87. The van der Waals surface area contributed by atoms with Crippen LogP contribution in [0.2, 0.25) is 0 Å². The summed E-state index contributed by atoms with van der Waals surface area (Å²) in [5.41, 5.74) is 1.81. The maximum atomic E-state index is 14.2. The molecule has 1 fully saturated rings. The van der Waals surface area contributed by atoms with Crippen LogP contribution in [-0.4, -0.2) is 32.3 Å². The predicted octanol–water partition coefficient (Wildman–Crippen LogP) is 4.58. The molecule has 0 aliphatic carbocycles. The normalized spacial score (nSPS) is 19.2. The van der Waals surface area contributed by atoms with Crippen molar-refractivity contribution in [2.45, 2.75) is 37.6 Å². The Bertz CT molecular complexity index is 1380. The Hall–Kier alpha value is -3.21. The van der Waals surface area contributed by atoms with Crippen LogP contribution in [0.3, 0.4) is 0 Å². The Morgan fingerprint density at radius 3 is 2.24 bits per heavy atom. The minimum absolute atomic E-state index is 0.0421. The lowest BCUT2D eigenvalue weighted by molar-refractivity contribution is -0.138. The van der Waals surface area contributed by atoms with E-state index in [-0.39, 0.29) is 30.5 Å². The van der Waals surface area contributed by atoms with Crippen LogP contribution in [0.5, 0.6) is 0 Å². The SMILES string of the molecule is C[C@@H](c1ccc(-c2ccc(F)cc2F)cc1)N1CCC(CCNS(N)(=O)=O)(c2ccc(F)cc2)CC1=O.